The zero-order chi connectivity index (χ0) is 12.7. The highest BCUT2D eigenvalue weighted by atomic mass is 16.3. The standard InChI is InChI=1S/C16H18N2O/c1-2-16(19-9-1)12-3-4-15-13(10-12)11-14-5-6-17-7-8-18(14)15/h1-4,9-10,14,17H,5-8,11H2. The van der Waals surface area contributed by atoms with Crippen LogP contribution in [-0.2, 0) is 6.42 Å². The monoisotopic (exact) mass is 254 g/mol. The fourth-order valence-corrected chi connectivity index (χ4v) is 3.34. The molecule has 1 saturated heterocycles. The van der Waals surface area contributed by atoms with Crippen molar-refractivity contribution >= 4 is 5.69 Å². The van der Waals surface area contributed by atoms with Crippen LogP contribution >= 0.6 is 0 Å². The van der Waals surface area contributed by atoms with E-state index in [0.29, 0.717) is 6.04 Å². The normalized spacial score (nSPS) is 21.9. The van der Waals surface area contributed by atoms with Crippen molar-refractivity contribution in [2.24, 2.45) is 0 Å². The lowest BCUT2D eigenvalue weighted by Gasteiger charge is -2.24. The quantitative estimate of drug-likeness (QED) is 0.848. The van der Waals surface area contributed by atoms with Gasteiger partial charge in [-0.3, -0.25) is 0 Å². The molecule has 0 saturated carbocycles. The molecule has 2 aliphatic rings. The lowest BCUT2D eigenvalue weighted by molar-refractivity contribution is 0.582. The van der Waals surface area contributed by atoms with Crippen molar-refractivity contribution in [2.45, 2.75) is 18.9 Å². The molecule has 98 valence electrons. The summed E-state index contributed by atoms with van der Waals surface area (Å²) in [6, 6.07) is 11.4. The summed E-state index contributed by atoms with van der Waals surface area (Å²) in [5.41, 5.74) is 4.09. The van der Waals surface area contributed by atoms with Crippen LogP contribution < -0.4 is 10.2 Å². The van der Waals surface area contributed by atoms with Gasteiger partial charge in [0.2, 0.25) is 0 Å². The summed E-state index contributed by atoms with van der Waals surface area (Å²) in [5, 5.41) is 3.48. The van der Waals surface area contributed by atoms with Crippen LogP contribution in [0.5, 0.6) is 0 Å². The molecule has 0 spiro atoms. The Bertz CT molecular complexity index is 576. The van der Waals surface area contributed by atoms with Gasteiger partial charge in [0.1, 0.15) is 5.76 Å². The first kappa shape index (κ1) is 11.1. The third-order valence-corrected chi connectivity index (χ3v) is 4.27. The van der Waals surface area contributed by atoms with Crippen LogP contribution in [0.4, 0.5) is 5.69 Å². The van der Waals surface area contributed by atoms with E-state index in [1.165, 1.54) is 29.7 Å². The number of nitrogens with one attached hydrogen (secondary N) is 1. The SMILES string of the molecule is c1coc(-c2ccc3c(c2)CC2CCNCCN32)c1. The van der Waals surface area contributed by atoms with E-state index in [1.807, 2.05) is 12.1 Å². The number of anilines is 1. The van der Waals surface area contributed by atoms with Crippen LogP contribution in [-0.4, -0.2) is 25.7 Å². The van der Waals surface area contributed by atoms with Crippen molar-refractivity contribution in [1.82, 2.24) is 5.32 Å². The van der Waals surface area contributed by atoms with Gasteiger partial charge in [-0.05, 0) is 55.3 Å². The van der Waals surface area contributed by atoms with E-state index in [4.69, 9.17) is 4.42 Å². The summed E-state index contributed by atoms with van der Waals surface area (Å²) in [7, 11) is 0. The van der Waals surface area contributed by atoms with Gasteiger partial charge in [-0.25, -0.2) is 0 Å². The number of furan rings is 1. The van der Waals surface area contributed by atoms with E-state index in [0.717, 1.165) is 25.4 Å². The molecule has 0 radical (unpaired) electrons. The predicted octanol–water partition coefficient (Wildman–Crippen LogP) is 2.67. The van der Waals surface area contributed by atoms with Crippen molar-refractivity contribution in [3.63, 3.8) is 0 Å². The maximum atomic E-state index is 5.49. The van der Waals surface area contributed by atoms with Gasteiger partial charge in [0.25, 0.3) is 0 Å². The van der Waals surface area contributed by atoms with E-state index in [1.54, 1.807) is 6.26 Å². The van der Waals surface area contributed by atoms with Crippen LogP contribution in [0, 0.1) is 0 Å². The van der Waals surface area contributed by atoms with Crippen LogP contribution in [0.3, 0.4) is 0 Å². The molecule has 4 rings (SSSR count). The van der Waals surface area contributed by atoms with E-state index < -0.39 is 0 Å². The number of hydrogen-bond donors (Lipinski definition) is 1. The van der Waals surface area contributed by atoms with Gasteiger partial charge in [0.15, 0.2) is 0 Å². The Morgan fingerprint density at radius 3 is 3.11 bits per heavy atom. The predicted molar refractivity (Wildman–Crippen MR) is 76.5 cm³/mol. The van der Waals surface area contributed by atoms with E-state index in [2.05, 4.69) is 28.4 Å². The van der Waals surface area contributed by atoms with Crippen molar-refractivity contribution in [1.29, 1.82) is 0 Å². The number of nitrogens with zero attached hydrogens (tertiary/aromatic N) is 1. The van der Waals surface area contributed by atoms with Gasteiger partial charge < -0.3 is 14.6 Å². The smallest absolute Gasteiger partial charge is 0.133 e. The van der Waals surface area contributed by atoms with Crippen molar-refractivity contribution in [2.75, 3.05) is 24.5 Å². The minimum absolute atomic E-state index is 0.678. The van der Waals surface area contributed by atoms with Crippen LogP contribution in [0.15, 0.2) is 41.0 Å². The molecule has 19 heavy (non-hydrogen) atoms. The number of fused-ring (bicyclic) bond motifs is 3. The second-order valence-electron chi connectivity index (χ2n) is 5.41. The maximum Gasteiger partial charge on any atom is 0.133 e. The minimum atomic E-state index is 0.678. The van der Waals surface area contributed by atoms with Crippen LogP contribution in [0.1, 0.15) is 12.0 Å². The van der Waals surface area contributed by atoms with Crippen molar-refractivity contribution < 1.29 is 4.42 Å². The number of benzene rings is 1. The zero-order valence-corrected chi connectivity index (χ0v) is 10.9. The third kappa shape index (κ3) is 1.85. The molecule has 0 bridgehead atoms. The molecule has 0 aliphatic carbocycles. The van der Waals surface area contributed by atoms with E-state index >= 15 is 0 Å². The largest absolute Gasteiger partial charge is 0.464 e. The summed E-state index contributed by atoms with van der Waals surface area (Å²) in [6.07, 6.45) is 4.15. The molecule has 1 aromatic carbocycles. The number of rotatable bonds is 1. The first-order valence-corrected chi connectivity index (χ1v) is 7.06. The fourth-order valence-electron chi connectivity index (χ4n) is 3.34. The highest BCUT2D eigenvalue weighted by Crippen LogP contribution is 2.36. The summed E-state index contributed by atoms with van der Waals surface area (Å²) in [5.74, 6) is 0.964. The Kier molecular flexibility index (Phi) is 2.59. The maximum absolute atomic E-state index is 5.49. The van der Waals surface area contributed by atoms with E-state index in [-0.39, 0.29) is 0 Å². The van der Waals surface area contributed by atoms with Gasteiger partial charge in [0.05, 0.1) is 6.26 Å². The summed E-state index contributed by atoms with van der Waals surface area (Å²) in [4.78, 5) is 2.57. The Labute approximate surface area is 113 Å². The van der Waals surface area contributed by atoms with Gasteiger partial charge in [-0.2, -0.15) is 0 Å². The molecular weight excluding hydrogens is 236 g/mol. The molecule has 2 aliphatic heterocycles. The Hall–Kier alpha value is -1.74. The molecule has 3 heterocycles. The highest BCUT2D eigenvalue weighted by molar-refractivity contribution is 5.68. The Morgan fingerprint density at radius 2 is 2.21 bits per heavy atom. The molecule has 1 unspecified atom stereocenters. The third-order valence-electron chi connectivity index (χ3n) is 4.27. The molecule has 3 heteroatoms. The molecule has 1 N–H and O–H groups in total. The van der Waals surface area contributed by atoms with E-state index in [9.17, 15) is 0 Å². The van der Waals surface area contributed by atoms with Gasteiger partial charge in [-0.1, -0.05) is 0 Å². The first-order valence-electron chi connectivity index (χ1n) is 7.06. The molecule has 1 fully saturated rings. The number of hydrogen-bond acceptors (Lipinski definition) is 3. The molecule has 2 aromatic rings. The highest BCUT2D eigenvalue weighted by Gasteiger charge is 2.30. The molecule has 1 aromatic heterocycles. The van der Waals surface area contributed by atoms with Gasteiger partial charge in [0, 0.05) is 30.4 Å². The molecule has 1 atom stereocenters. The Morgan fingerprint density at radius 1 is 1.21 bits per heavy atom. The van der Waals surface area contributed by atoms with Crippen molar-refractivity contribution in [3.05, 3.63) is 42.2 Å². The fraction of sp³-hybridized carbons (Fsp3) is 0.375. The zero-order valence-electron chi connectivity index (χ0n) is 10.9. The van der Waals surface area contributed by atoms with Gasteiger partial charge in [-0.15, -0.1) is 0 Å². The second-order valence-corrected chi connectivity index (χ2v) is 5.41. The first-order chi connectivity index (χ1) is 9.42. The summed E-state index contributed by atoms with van der Waals surface area (Å²) < 4.78 is 5.49. The average molecular weight is 254 g/mol. The van der Waals surface area contributed by atoms with Crippen LogP contribution in [0.2, 0.25) is 0 Å². The Balaban J connectivity index is 1.71. The average Bonchev–Trinajstić information content (AvgIpc) is 3.01. The molecule has 3 nitrogen and oxygen atoms in total. The van der Waals surface area contributed by atoms with Crippen LogP contribution in [0.25, 0.3) is 11.3 Å². The lowest BCUT2D eigenvalue weighted by Crippen LogP contribution is -2.32. The van der Waals surface area contributed by atoms with Crippen molar-refractivity contribution in [3.8, 4) is 11.3 Å². The summed E-state index contributed by atoms with van der Waals surface area (Å²) in [6.45, 7) is 3.35. The minimum Gasteiger partial charge on any atom is -0.464 e. The molecular formula is C16H18N2O. The summed E-state index contributed by atoms with van der Waals surface area (Å²) >= 11 is 0. The molecule has 0 amide bonds. The topological polar surface area (TPSA) is 28.4 Å². The lowest BCUT2D eigenvalue weighted by atomic mass is 10.0. The second kappa shape index (κ2) is 4.42. The van der Waals surface area contributed by atoms with Gasteiger partial charge >= 0.3 is 0 Å².